The average Bonchev–Trinajstić information content (AvgIpc) is 3.03. The molecule has 1 aromatic rings. The number of rotatable bonds is 2. The van der Waals surface area contributed by atoms with Gasteiger partial charge in [0.25, 0.3) is 0 Å². The first kappa shape index (κ1) is 12.4. The Bertz CT molecular complexity index is 744. The van der Waals surface area contributed by atoms with E-state index < -0.39 is 0 Å². The van der Waals surface area contributed by atoms with E-state index in [0.29, 0.717) is 12.7 Å². The second-order valence-electron chi connectivity index (χ2n) is 5.86. The molecule has 1 aromatic heterocycles. The molecule has 2 N–H and O–H groups in total. The van der Waals surface area contributed by atoms with E-state index in [1.807, 2.05) is 10.9 Å². The molecule has 1 aliphatic carbocycles. The molecule has 2 aliphatic heterocycles. The molecule has 0 atom stereocenters. The van der Waals surface area contributed by atoms with Gasteiger partial charge in [0.2, 0.25) is 0 Å². The summed E-state index contributed by atoms with van der Waals surface area (Å²) in [5, 5.41) is 12.2. The van der Waals surface area contributed by atoms with Crippen LogP contribution < -0.4 is 10.7 Å². The van der Waals surface area contributed by atoms with Crippen LogP contribution in [0.25, 0.3) is 0 Å². The van der Waals surface area contributed by atoms with E-state index in [-0.39, 0.29) is 0 Å². The lowest BCUT2D eigenvalue weighted by Crippen LogP contribution is -2.32. The van der Waals surface area contributed by atoms with Gasteiger partial charge in [0, 0.05) is 23.7 Å². The number of allylic oxidation sites excluding steroid dienone is 4. The lowest BCUT2D eigenvalue weighted by atomic mass is 9.93. The van der Waals surface area contributed by atoms with Gasteiger partial charge in [-0.3, -0.25) is 15.1 Å². The van der Waals surface area contributed by atoms with Crippen molar-refractivity contribution in [2.45, 2.75) is 33.2 Å². The third-order valence-electron chi connectivity index (χ3n) is 4.01. The largest absolute Gasteiger partial charge is 0.364 e. The molecule has 0 saturated carbocycles. The van der Waals surface area contributed by atoms with Crippen molar-refractivity contribution in [1.82, 2.24) is 20.5 Å². The number of aliphatic imine (C=N–C) groups is 1. The van der Waals surface area contributed by atoms with Crippen LogP contribution in [0.3, 0.4) is 0 Å². The monoisotopic (exact) mass is 282 g/mol. The molecule has 6 nitrogen and oxygen atoms in total. The van der Waals surface area contributed by atoms with Crippen molar-refractivity contribution >= 4 is 11.4 Å². The third kappa shape index (κ3) is 1.75. The predicted octanol–water partition coefficient (Wildman–Crippen LogP) is 1.62. The molecule has 6 heteroatoms. The van der Waals surface area contributed by atoms with E-state index in [2.05, 4.69) is 47.8 Å². The molecular formula is C15H18N6. The Balaban J connectivity index is 1.89. The maximum atomic E-state index is 4.72. The van der Waals surface area contributed by atoms with Gasteiger partial charge in [-0.25, -0.2) is 0 Å². The van der Waals surface area contributed by atoms with E-state index in [9.17, 15) is 0 Å². The molecule has 0 amide bonds. The van der Waals surface area contributed by atoms with Crippen molar-refractivity contribution in [1.29, 1.82) is 0 Å². The predicted molar refractivity (Wildman–Crippen MR) is 82.2 cm³/mol. The molecule has 0 spiro atoms. The van der Waals surface area contributed by atoms with E-state index >= 15 is 0 Å². The zero-order chi connectivity index (χ0) is 14.6. The van der Waals surface area contributed by atoms with Gasteiger partial charge in [0.15, 0.2) is 0 Å². The zero-order valence-corrected chi connectivity index (χ0v) is 12.4. The molecule has 0 aromatic carbocycles. The Kier molecular flexibility index (Phi) is 2.54. The van der Waals surface area contributed by atoms with Gasteiger partial charge < -0.3 is 5.32 Å². The summed E-state index contributed by atoms with van der Waals surface area (Å²) in [4.78, 5) is 4.72. The molecule has 3 heterocycles. The Morgan fingerprint density at radius 2 is 2.19 bits per heavy atom. The fourth-order valence-corrected chi connectivity index (χ4v) is 3.03. The Morgan fingerprint density at radius 3 is 3.00 bits per heavy atom. The van der Waals surface area contributed by atoms with Gasteiger partial charge in [-0.1, -0.05) is 0 Å². The standard InChI is InChI=1S/C15H18N6/c1-8(2)21-15(9(3)6-18-21)14-11-4-10-5-12(20-19-10)13(11)16-7-17-14/h4,6,8,16,19H,5,7H2,1-3H3. The summed E-state index contributed by atoms with van der Waals surface area (Å²) in [7, 11) is 0. The molecule has 4 rings (SSSR count). The zero-order valence-electron chi connectivity index (χ0n) is 12.4. The number of aryl methyl sites for hydroxylation is 1. The van der Waals surface area contributed by atoms with Crippen molar-refractivity contribution in [2.75, 3.05) is 6.67 Å². The van der Waals surface area contributed by atoms with Gasteiger partial charge in [0.05, 0.1) is 29.0 Å². The fraction of sp³-hybridized carbons (Fsp3) is 0.400. The number of nitrogens with one attached hydrogen (secondary N) is 2. The van der Waals surface area contributed by atoms with E-state index in [1.165, 1.54) is 0 Å². The lowest BCUT2D eigenvalue weighted by molar-refractivity contribution is 0.528. The molecule has 2 bridgehead atoms. The van der Waals surface area contributed by atoms with Gasteiger partial charge in [-0.2, -0.15) is 10.2 Å². The summed E-state index contributed by atoms with van der Waals surface area (Å²) in [5.41, 5.74) is 10.8. The summed E-state index contributed by atoms with van der Waals surface area (Å²) < 4.78 is 2.05. The van der Waals surface area contributed by atoms with Gasteiger partial charge >= 0.3 is 0 Å². The molecule has 3 aliphatic rings. The molecule has 0 unspecified atom stereocenters. The topological polar surface area (TPSA) is 66.6 Å². The van der Waals surface area contributed by atoms with Crippen molar-refractivity contribution in [3.05, 3.63) is 40.5 Å². The molecule has 0 saturated heterocycles. The van der Waals surface area contributed by atoms with Crippen LogP contribution in [0.1, 0.15) is 37.6 Å². The summed E-state index contributed by atoms with van der Waals surface area (Å²) in [6.45, 7) is 6.95. The second kappa shape index (κ2) is 4.31. The minimum absolute atomic E-state index is 0.304. The van der Waals surface area contributed by atoms with E-state index in [1.54, 1.807) is 0 Å². The van der Waals surface area contributed by atoms with Crippen LogP contribution in [0.5, 0.6) is 0 Å². The number of hydrogen-bond donors (Lipinski definition) is 2. The molecule has 108 valence electrons. The second-order valence-corrected chi connectivity index (χ2v) is 5.86. The number of fused-ring (bicyclic) bond motifs is 3. The molecule has 21 heavy (non-hydrogen) atoms. The number of aromatic nitrogens is 2. The maximum absolute atomic E-state index is 4.72. The first-order chi connectivity index (χ1) is 10.1. The highest BCUT2D eigenvalue weighted by Gasteiger charge is 2.31. The molecule has 0 fully saturated rings. The van der Waals surface area contributed by atoms with Crippen LogP contribution in [0.4, 0.5) is 0 Å². The average molecular weight is 282 g/mol. The van der Waals surface area contributed by atoms with Crippen molar-refractivity contribution < 1.29 is 0 Å². The van der Waals surface area contributed by atoms with Crippen molar-refractivity contribution in [3.8, 4) is 0 Å². The first-order valence-corrected chi connectivity index (χ1v) is 7.26. The Labute approximate surface area is 123 Å². The smallest absolute Gasteiger partial charge is 0.108 e. The highest BCUT2D eigenvalue weighted by Crippen LogP contribution is 2.29. The van der Waals surface area contributed by atoms with E-state index in [4.69, 9.17) is 4.99 Å². The van der Waals surface area contributed by atoms with E-state index in [0.717, 1.165) is 46.1 Å². The lowest BCUT2D eigenvalue weighted by Gasteiger charge is -2.24. The van der Waals surface area contributed by atoms with Crippen LogP contribution in [-0.2, 0) is 0 Å². The van der Waals surface area contributed by atoms with Crippen LogP contribution in [0.15, 0.2) is 39.3 Å². The van der Waals surface area contributed by atoms with Crippen LogP contribution in [0, 0.1) is 6.92 Å². The number of hydrogen-bond acceptors (Lipinski definition) is 5. The minimum atomic E-state index is 0.304. The molecular weight excluding hydrogens is 264 g/mol. The van der Waals surface area contributed by atoms with Crippen LogP contribution in [-0.4, -0.2) is 27.9 Å². The summed E-state index contributed by atoms with van der Waals surface area (Å²) >= 11 is 0. The minimum Gasteiger partial charge on any atom is -0.364 e. The summed E-state index contributed by atoms with van der Waals surface area (Å²) in [6.07, 6.45) is 4.94. The quantitative estimate of drug-likeness (QED) is 0.866. The third-order valence-corrected chi connectivity index (χ3v) is 4.01. The normalized spacial score (nSPS) is 19.7. The number of nitrogens with zero attached hydrogens (tertiary/aromatic N) is 4. The van der Waals surface area contributed by atoms with Gasteiger partial charge in [0.1, 0.15) is 6.67 Å². The SMILES string of the molecule is Cc1cnn(C(C)C)c1C1=NCNC2=C1C=C1CC2=NN1. The highest BCUT2D eigenvalue weighted by molar-refractivity contribution is 6.21. The first-order valence-electron chi connectivity index (χ1n) is 7.26. The summed E-state index contributed by atoms with van der Waals surface area (Å²) in [5.74, 6) is 0. The van der Waals surface area contributed by atoms with Crippen LogP contribution >= 0.6 is 0 Å². The Hall–Kier alpha value is -2.37. The van der Waals surface area contributed by atoms with Crippen molar-refractivity contribution in [2.24, 2.45) is 10.1 Å². The van der Waals surface area contributed by atoms with Gasteiger partial charge in [-0.05, 0) is 32.4 Å². The molecule has 0 radical (unpaired) electrons. The number of hydrazone groups is 1. The van der Waals surface area contributed by atoms with Crippen molar-refractivity contribution in [3.63, 3.8) is 0 Å². The Morgan fingerprint density at radius 1 is 1.33 bits per heavy atom. The van der Waals surface area contributed by atoms with Crippen LogP contribution in [0.2, 0.25) is 0 Å². The highest BCUT2D eigenvalue weighted by atomic mass is 15.3. The van der Waals surface area contributed by atoms with Gasteiger partial charge in [-0.15, -0.1) is 0 Å². The fourth-order valence-electron chi connectivity index (χ4n) is 3.03. The summed E-state index contributed by atoms with van der Waals surface area (Å²) in [6, 6.07) is 0.304. The maximum Gasteiger partial charge on any atom is 0.108 e.